The molecule has 4 N–H and O–H groups in total. The van der Waals surface area contributed by atoms with Crippen molar-refractivity contribution in [3.8, 4) is 0 Å². The van der Waals surface area contributed by atoms with Crippen LogP contribution >= 0.6 is 12.2 Å². The van der Waals surface area contributed by atoms with E-state index in [1.165, 1.54) is 6.42 Å². The Morgan fingerprint density at radius 1 is 1.24 bits per heavy atom. The smallest absolute Gasteiger partial charge is 0.182 e. The van der Waals surface area contributed by atoms with Crippen LogP contribution in [0, 0.1) is 0 Å². The molecule has 6 heteroatoms. The molecule has 17 heavy (non-hydrogen) atoms. The number of nitrogens with two attached hydrogens (primary N) is 1. The number of hydrogen-bond donors (Lipinski definition) is 3. The van der Waals surface area contributed by atoms with Gasteiger partial charge in [0.1, 0.15) is 0 Å². The van der Waals surface area contributed by atoms with Crippen molar-refractivity contribution in [2.45, 2.75) is 64.1 Å². The van der Waals surface area contributed by atoms with Crippen molar-refractivity contribution in [1.29, 1.82) is 0 Å². The Hall–Kier alpha value is -0.750. The van der Waals surface area contributed by atoms with Gasteiger partial charge in [0, 0.05) is 0 Å². The monoisotopic (exact) mass is 257 g/mol. The zero-order valence-corrected chi connectivity index (χ0v) is 11.7. The lowest BCUT2D eigenvalue weighted by molar-refractivity contribution is 0.255. The normalized spacial score (nSPS) is 20.2. The van der Waals surface area contributed by atoms with E-state index in [2.05, 4.69) is 21.0 Å². The molecule has 0 unspecified atom stereocenters. The van der Waals surface area contributed by atoms with E-state index >= 15 is 0 Å². The molecular weight excluding hydrogens is 234 g/mol. The number of azo groups is 1. The largest absolute Gasteiger partial charge is 0.336 e. The number of rotatable bonds is 2. The van der Waals surface area contributed by atoms with Crippen LogP contribution in [0.3, 0.4) is 0 Å². The maximum atomic E-state index is 5.30. The van der Waals surface area contributed by atoms with Crippen molar-refractivity contribution >= 4 is 17.3 Å². The second-order valence-electron chi connectivity index (χ2n) is 5.56. The molecule has 0 spiro atoms. The Labute approximate surface area is 109 Å². The van der Waals surface area contributed by atoms with Gasteiger partial charge < -0.3 is 10.7 Å². The number of thiocarbonyl (C=S) groups is 1. The molecule has 1 aliphatic rings. The van der Waals surface area contributed by atoms with Crippen LogP contribution in [-0.4, -0.2) is 16.3 Å². The Bertz CT molecular complexity index is 289. The van der Waals surface area contributed by atoms with Crippen LogP contribution < -0.4 is 16.6 Å². The fourth-order valence-corrected chi connectivity index (χ4v) is 2.07. The molecule has 1 fully saturated rings. The first-order valence-electron chi connectivity index (χ1n) is 6.10. The van der Waals surface area contributed by atoms with E-state index < -0.39 is 0 Å². The van der Waals surface area contributed by atoms with Crippen LogP contribution in [0.1, 0.15) is 52.9 Å². The van der Waals surface area contributed by atoms with Gasteiger partial charge in [0.15, 0.2) is 10.8 Å². The summed E-state index contributed by atoms with van der Waals surface area (Å²) in [6.07, 6.45) is 5.44. The molecule has 0 radical (unpaired) electrons. The predicted octanol–water partition coefficient (Wildman–Crippen LogP) is 2.24. The van der Waals surface area contributed by atoms with Gasteiger partial charge in [-0.2, -0.15) is 10.2 Å². The summed E-state index contributed by atoms with van der Waals surface area (Å²) in [5.74, 6) is 5.30. The van der Waals surface area contributed by atoms with Crippen LogP contribution in [0.2, 0.25) is 0 Å². The fraction of sp³-hybridized carbons (Fsp3) is 0.909. The first-order chi connectivity index (χ1) is 7.87. The summed E-state index contributed by atoms with van der Waals surface area (Å²) in [6.45, 7) is 6.10. The predicted molar refractivity (Wildman–Crippen MR) is 73.5 cm³/mol. The first kappa shape index (κ1) is 14.3. The van der Waals surface area contributed by atoms with Crippen molar-refractivity contribution in [2.75, 3.05) is 0 Å². The fourth-order valence-electron chi connectivity index (χ4n) is 1.88. The third kappa shape index (κ3) is 4.95. The van der Waals surface area contributed by atoms with E-state index in [1.54, 1.807) is 0 Å². The van der Waals surface area contributed by atoms with Crippen molar-refractivity contribution in [2.24, 2.45) is 16.1 Å². The number of hydrazine groups is 1. The maximum Gasteiger partial charge on any atom is 0.182 e. The molecule has 0 heterocycles. The minimum Gasteiger partial charge on any atom is -0.336 e. The first-order valence-corrected chi connectivity index (χ1v) is 6.51. The highest BCUT2D eigenvalue weighted by atomic mass is 32.1. The molecular formula is C11H23N5S. The Kier molecular flexibility index (Phi) is 4.82. The Balaban J connectivity index is 2.78. The van der Waals surface area contributed by atoms with Crippen molar-refractivity contribution in [3.05, 3.63) is 0 Å². The van der Waals surface area contributed by atoms with Crippen LogP contribution in [0.25, 0.3) is 0 Å². The molecule has 1 rings (SSSR count). The zero-order valence-electron chi connectivity index (χ0n) is 10.9. The lowest BCUT2D eigenvalue weighted by Gasteiger charge is -2.34. The molecule has 0 aliphatic heterocycles. The highest BCUT2D eigenvalue weighted by Crippen LogP contribution is 2.30. The van der Waals surface area contributed by atoms with E-state index in [-0.39, 0.29) is 11.2 Å². The van der Waals surface area contributed by atoms with Gasteiger partial charge in [-0.25, -0.2) is 5.84 Å². The molecule has 0 aromatic carbocycles. The van der Waals surface area contributed by atoms with E-state index in [9.17, 15) is 0 Å². The van der Waals surface area contributed by atoms with Crippen LogP contribution in [-0.2, 0) is 0 Å². The molecule has 0 aromatic rings. The van der Waals surface area contributed by atoms with Crippen LogP contribution in [0.4, 0.5) is 0 Å². The van der Waals surface area contributed by atoms with E-state index in [1.807, 2.05) is 20.8 Å². The molecule has 5 nitrogen and oxygen atoms in total. The van der Waals surface area contributed by atoms with Gasteiger partial charge in [0.05, 0.1) is 5.54 Å². The van der Waals surface area contributed by atoms with Crippen molar-refractivity contribution in [3.63, 3.8) is 0 Å². The van der Waals surface area contributed by atoms with Gasteiger partial charge in [-0.1, -0.05) is 6.42 Å². The lowest BCUT2D eigenvalue weighted by Crippen LogP contribution is -2.53. The quantitative estimate of drug-likeness (QED) is 0.307. The average Bonchev–Trinajstić information content (AvgIpc) is 2.27. The van der Waals surface area contributed by atoms with Gasteiger partial charge in [-0.15, -0.1) is 0 Å². The highest BCUT2D eigenvalue weighted by Gasteiger charge is 2.33. The summed E-state index contributed by atoms with van der Waals surface area (Å²) < 4.78 is 0. The highest BCUT2D eigenvalue weighted by molar-refractivity contribution is 7.80. The molecule has 1 saturated carbocycles. The van der Waals surface area contributed by atoms with Gasteiger partial charge in [0.25, 0.3) is 0 Å². The van der Waals surface area contributed by atoms with E-state index in [0.29, 0.717) is 5.11 Å². The third-order valence-electron chi connectivity index (χ3n) is 2.70. The zero-order chi connectivity index (χ0) is 12.9. The molecule has 0 atom stereocenters. The lowest BCUT2D eigenvalue weighted by atomic mass is 9.90. The minimum absolute atomic E-state index is 0.163. The molecule has 98 valence electrons. The molecule has 0 saturated heterocycles. The maximum absolute atomic E-state index is 5.30. The number of hydrogen-bond acceptors (Lipinski definition) is 4. The topological polar surface area (TPSA) is 74.8 Å². The van der Waals surface area contributed by atoms with Gasteiger partial charge in [-0.3, -0.25) is 0 Å². The molecule has 0 amide bonds. The summed E-state index contributed by atoms with van der Waals surface area (Å²) in [6, 6.07) is 0. The van der Waals surface area contributed by atoms with Crippen molar-refractivity contribution in [1.82, 2.24) is 10.7 Å². The SMILES string of the molecule is CC(C)(C)/N=N/C1(NC(=S)NN)CCCCC1. The van der Waals surface area contributed by atoms with E-state index in [0.717, 1.165) is 25.7 Å². The van der Waals surface area contributed by atoms with Crippen molar-refractivity contribution < 1.29 is 0 Å². The van der Waals surface area contributed by atoms with Crippen LogP contribution in [0.5, 0.6) is 0 Å². The second-order valence-corrected chi connectivity index (χ2v) is 5.97. The molecule has 0 aromatic heterocycles. The van der Waals surface area contributed by atoms with Gasteiger partial charge in [0.2, 0.25) is 0 Å². The summed E-state index contributed by atoms with van der Waals surface area (Å²) >= 11 is 5.07. The molecule has 1 aliphatic carbocycles. The van der Waals surface area contributed by atoms with Gasteiger partial charge >= 0.3 is 0 Å². The summed E-state index contributed by atoms with van der Waals surface area (Å²) in [5.41, 5.74) is 1.92. The van der Waals surface area contributed by atoms with Crippen LogP contribution in [0.15, 0.2) is 10.2 Å². The summed E-state index contributed by atoms with van der Waals surface area (Å²) in [7, 11) is 0. The molecule has 0 bridgehead atoms. The number of nitrogens with one attached hydrogen (secondary N) is 2. The standard InChI is InChI=1S/C11H23N5S/c1-10(2,3)15-16-11(13-9(17)14-12)7-5-4-6-8-11/h4-8,12H2,1-3H3,(H2,13,14,17)/b16-15+. The number of nitrogens with zero attached hydrogens (tertiary/aromatic N) is 2. The summed E-state index contributed by atoms with van der Waals surface area (Å²) in [4.78, 5) is 0. The Morgan fingerprint density at radius 2 is 1.82 bits per heavy atom. The van der Waals surface area contributed by atoms with E-state index in [4.69, 9.17) is 18.1 Å². The average molecular weight is 257 g/mol. The summed E-state index contributed by atoms with van der Waals surface area (Å²) in [5, 5.41) is 12.5. The van der Waals surface area contributed by atoms with Gasteiger partial charge in [-0.05, 0) is 58.7 Å². The minimum atomic E-state index is -0.366. The second kappa shape index (κ2) is 5.73. The Morgan fingerprint density at radius 3 is 2.29 bits per heavy atom. The third-order valence-corrected chi connectivity index (χ3v) is 2.92.